The number of halogens is 3. The summed E-state index contributed by atoms with van der Waals surface area (Å²) in [5.74, 6) is 0.160. The van der Waals surface area contributed by atoms with E-state index in [1.807, 2.05) is 0 Å². The molecule has 0 unspecified atom stereocenters. The van der Waals surface area contributed by atoms with Gasteiger partial charge in [-0.2, -0.15) is 18.2 Å². The van der Waals surface area contributed by atoms with Crippen LogP contribution in [0.2, 0.25) is 0 Å². The van der Waals surface area contributed by atoms with Gasteiger partial charge < -0.3 is 10.1 Å². The first-order valence-electron chi connectivity index (χ1n) is 10.9. The molecule has 0 atom stereocenters. The first-order chi connectivity index (χ1) is 15.8. The van der Waals surface area contributed by atoms with Crippen LogP contribution in [0.5, 0.6) is 6.01 Å². The molecule has 33 heavy (non-hydrogen) atoms. The highest BCUT2D eigenvalue weighted by atomic mass is 19.4. The molecular formula is C24H27F3N4O2. The Morgan fingerprint density at radius 1 is 1.06 bits per heavy atom. The molecule has 0 aliphatic rings. The molecule has 0 spiro atoms. The third-order valence-corrected chi connectivity index (χ3v) is 5.12. The number of methoxy groups -OCH3 is 1. The van der Waals surface area contributed by atoms with Crippen LogP contribution in [-0.2, 0) is 11.0 Å². The predicted molar refractivity (Wildman–Crippen MR) is 120 cm³/mol. The van der Waals surface area contributed by atoms with Crippen molar-refractivity contribution in [2.45, 2.75) is 51.6 Å². The van der Waals surface area contributed by atoms with Gasteiger partial charge in [0.2, 0.25) is 5.91 Å². The van der Waals surface area contributed by atoms with E-state index < -0.39 is 11.7 Å². The quantitative estimate of drug-likeness (QED) is 0.363. The van der Waals surface area contributed by atoms with E-state index in [-0.39, 0.29) is 23.3 Å². The van der Waals surface area contributed by atoms with Crippen LogP contribution in [-0.4, -0.2) is 27.8 Å². The minimum atomic E-state index is -4.47. The van der Waals surface area contributed by atoms with Crippen molar-refractivity contribution in [2.75, 3.05) is 12.4 Å². The molecule has 1 aromatic heterocycles. The Bertz CT molecular complexity index is 1060. The number of alkyl halides is 3. The molecule has 0 radical (unpaired) electrons. The number of nitrogens with one attached hydrogen (secondary N) is 1. The van der Waals surface area contributed by atoms with E-state index in [9.17, 15) is 18.0 Å². The second-order valence-electron chi connectivity index (χ2n) is 7.67. The molecule has 9 heteroatoms. The largest absolute Gasteiger partial charge is 0.466 e. The Labute approximate surface area is 190 Å². The molecule has 0 saturated carbocycles. The summed E-state index contributed by atoms with van der Waals surface area (Å²) in [4.78, 5) is 16.4. The maximum Gasteiger partial charge on any atom is 0.416 e. The first kappa shape index (κ1) is 24.3. The lowest BCUT2D eigenvalue weighted by molar-refractivity contribution is -0.137. The van der Waals surface area contributed by atoms with Gasteiger partial charge in [0.15, 0.2) is 5.82 Å². The maximum atomic E-state index is 13.2. The van der Waals surface area contributed by atoms with Crippen LogP contribution in [0, 0.1) is 0 Å². The Morgan fingerprint density at radius 3 is 2.45 bits per heavy atom. The number of hydrogen-bond acceptors (Lipinski definition) is 4. The summed E-state index contributed by atoms with van der Waals surface area (Å²) >= 11 is 0. The minimum absolute atomic E-state index is 0.0304. The van der Waals surface area contributed by atoms with Gasteiger partial charge in [-0.25, -0.2) is 4.68 Å². The normalized spacial score (nSPS) is 11.4. The van der Waals surface area contributed by atoms with E-state index in [4.69, 9.17) is 4.74 Å². The maximum absolute atomic E-state index is 13.2. The number of carbonyl (C=O) groups is 1. The van der Waals surface area contributed by atoms with Crippen LogP contribution in [0.1, 0.15) is 51.0 Å². The number of rotatable bonds is 10. The number of aromatic nitrogens is 3. The van der Waals surface area contributed by atoms with Crippen molar-refractivity contribution < 1.29 is 22.7 Å². The summed E-state index contributed by atoms with van der Waals surface area (Å²) in [6, 6.07) is 11.8. The second kappa shape index (κ2) is 11.0. The van der Waals surface area contributed by atoms with Gasteiger partial charge in [-0.05, 0) is 42.8 Å². The van der Waals surface area contributed by atoms with Gasteiger partial charge in [-0.15, -0.1) is 5.10 Å². The van der Waals surface area contributed by atoms with E-state index in [1.165, 1.54) is 30.3 Å². The highest BCUT2D eigenvalue weighted by molar-refractivity contribution is 5.90. The van der Waals surface area contributed by atoms with Crippen LogP contribution in [0.25, 0.3) is 17.1 Å². The van der Waals surface area contributed by atoms with Crippen molar-refractivity contribution >= 4 is 11.6 Å². The van der Waals surface area contributed by atoms with E-state index in [1.54, 1.807) is 24.3 Å². The molecule has 0 fully saturated rings. The Morgan fingerprint density at radius 2 is 1.79 bits per heavy atom. The highest BCUT2D eigenvalue weighted by Crippen LogP contribution is 2.32. The summed E-state index contributed by atoms with van der Waals surface area (Å²) in [5, 5.41) is 7.10. The van der Waals surface area contributed by atoms with Crippen LogP contribution >= 0.6 is 0 Å². The van der Waals surface area contributed by atoms with E-state index in [0.29, 0.717) is 17.8 Å². The molecule has 0 bridgehead atoms. The number of benzene rings is 2. The standard InChI is InChI=1S/C24H27F3N4O2/c1-3-4-5-6-7-11-21(32)28-19-12-14-20(15-13-19)31-22(29-23(30-31)33-2)17-9-8-10-18(16-17)24(25,26)27/h8-10,12-16H,3-7,11H2,1-2H3,(H,28,32). The number of ether oxygens (including phenoxy) is 1. The minimum Gasteiger partial charge on any atom is -0.466 e. The van der Waals surface area contributed by atoms with Gasteiger partial charge in [-0.1, -0.05) is 44.7 Å². The molecule has 3 rings (SSSR count). The molecule has 1 N–H and O–H groups in total. The number of unbranched alkanes of at least 4 members (excludes halogenated alkanes) is 4. The van der Waals surface area contributed by atoms with Crippen LogP contribution in [0.4, 0.5) is 18.9 Å². The van der Waals surface area contributed by atoms with Gasteiger partial charge in [0.25, 0.3) is 0 Å². The fourth-order valence-electron chi connectivity index (χ4n) is 3.38. The second-order valence-corrected chi connectivity index (χ2v) is 7.67. The van der Waals surface area contributed by atoms with Crippen LogP contribution in [0.15, 0.2) is 48.5 Å². The zero-order valence-corrected chi connectivity index (χ0v) is 18.7. The van der Waals surface area contributed by atoms with Crippen molar-refractivity contribution in [3.8, 4) is 23.1 Å². The summed E-state index contributed by atoms with van der Waals surface area (Å²) in [6.45, 7) is 2.15. The predicted octanol–water partition coefficient (Wildman–Crippen LogP) is 6.26. The third kappa shape index (κ3) is 6.57. The molecule has 176 valence electrons. The zero-order valence-electron chi connectivity index (χ0n) is 18.7. The van der Waals surface area contributed by atoms with Gasteiger partial charge in [0, 0.05) is 17.7 Å². The van der Waals surface area contributed by atoms with Gasteiger partial charge in [-0.3, -0.25) is 4.79 Å². The van der Waals surface area contributed by atoms with E-state index >= 15 is 0 Å². The molecule has 2 aromatic carbocycles. The fourth-order valence-corrected chi connectivity index (χ4v) is 3.38. The number of anilines is 1. The molecule has 0 aliphatic heterocycles. The molecule has 3 aromatic rings. The van der Waals surface area contributed by atoms with Crippen molar-refractivity contribution in [1.82, 2.24) is 14.8 Å². The molecule has 1 amide bonds. The lowest BCUT2D eigenvalue weighted by atomic mass is 10.1. The van der Waals surface area contributed by atoms with Crippen molar-refractivity contribution in [3.05, 3.63) is 54.1 Å². The fraction of sp³-hybridized carbons (Fsp3) is 0.375. The molecule has 0 saturated heterocycles. The third-order valence-electron chi connectivity index (χ3n) is 5.12. The average Bonchev–Trinajstić information content (AvgIpc) is 3.24. The molecule has 1 heterocycles. The van der Waals surface area contributed by atoms with Crippen molar-refractivity contribution in [3.63, 3.8) is 0 Å². The molecule has 6 nitrogen and oxygen atoms in total. The Hall–Kier alpha value is -3.36. The first-order valence-corrected chi connectivity index (χ1v) is 10.9. The lowest BCUT2D eigenvalue weighted by Crippen LogP contribution is -2.11. The summed E-state index contributed by atoms with van der Waals surface area (Å²) in [5.41, 5.74) is 0.670. The Balaban J connectivity index is 1.76. The number of amides is 1. The van der Waals surface area contributed by atoms with E-state index in [2.05, 4.69) is 22.3 Å². The van der Waals surface area contributed by atoms with Crippen molar-refractivity contribution in [1.29, 1.82) is 0 Å². The van der Waals surface area contributed by atoms with Crippen LogP contribution < -0.4 is 10.1 Å². The number of carbonyl (C=O) groups excluding carboxylic acids is 1. The Kier molecular flexibility index (Phi) is 8.08. The van der Waals surface area contributed by atoms with Gasteiger partial charge >= 0.3 is 12.2 Å². The average molecular weight is 461 g/mol. The molecule has 0 aliphatic carbocycles. The smallest absolute Gasteiger partial charge is 0.416 e. The van der Waals surface area contributed by atoms with E-state index in [0.717, 1.165) is 37.8 Å². The van der Waals surface area contributed by atoms with Gasteiger partial charge in [0.05, 0.1) is 18.4 Å². The number of hydrogen-bond donors (Lipinski definition) is 1. The monoisotopic (exact) mass is 460 g/mol. The zero-order chi connectivity index (χ0) is 23.8. The summed E-state index contributed by atoms with van der Waals surface area (Å²) < 4.78 is 46.0. The topological polar surface area (TPSA) is 69.0 Å². The molecular weight excluding hydrogens is 433 g/mol. The lowest BCUT2D eigenvalue weighted by Gasteiger charge is -2.10. The van der Waals surface area contributed by atoms with Gasteiger partial charge in [0.1, 0.15) is 0 Å². The highest BCUT2D eigenvalue weighted by Gasteiger charge is 2.31. The summed E-state index contributed by atoms with van der Waals surface area (Å²) in [7, 11) is 1.39. The summed E-state index contributed by atoms with van der Waals surface area (Å²) in [6.07, 6.45) is 1.35. The number of nitrogens with zero attached hydrogens (tertiary/aromatic N) is 3. The SMILES string of the molecule is CCCCCCCC(=O)Nc1ccc(-n2nc(OC)nc2-c2cccc(C(F)(F)F)c2)cc1. The van der Waals surface area contributed by atoms with Crippen LogP contribution in [0.3, 0.4) is 0 Å². The van der Waals surface area contributed by atoms with Crippen molar-refractivity contribution in [2.24, 2.45) is 0 Å².